The summed E-state index contributed by atoms with van der Waals surface area (Å²) < 4.78 is 0. The maximum atomic E-state index is 3.57. The van der Waals surface area contributed by atoms with Crippen molar-refractivity contribution in [1.82, 2.24) is 10.2 Å². The number of thiophene rings is 1. The largest absolute Gasteiger partial charge is 0.316 e. The molecule has 0 amide bonds. The van der Waals surface area contributed by atoms with Crippen LogP contribution in [0.4, 0.5) is 0 Å². The number of likely N-dealkylation sites (tertiary alicyclic amines) is 1. The second kappa shape index (κ2) is 7.27. The molecule has 2 unspecified atom stereocenters. The number of hydrogen-bond acceptors (Lipinski definition) is 3. The lowest BCUT2D eigenvalue weighted by atomic mass is 10.1. The van der Waals surface area contributed by atoms with Crippen molar-refractivity contribution in [2.45, 2.75) is 39.2 Å². The molecule has 1 aliphatic rings. The Morgan fingerprint density at radius 3 is 3.06 bits per heavy atom. The Kier molecular flexibility index (Phi) is 5.67. The van der Waals surface area contributed by atoms with Gasteiger partial charge < -0.3 is 5.32 Å². The standard InChI is InChI=1S/C15H26N2S/c1-3-8-16-11-13-7-9-17(12-13)14(4-2)15-6-5-10-18-15/h5-6,10,13-14,16H,3-4,7-9,11-12H2,1-2H3. The highest BCUT2D eigenvalue weighted by Crippen LogP contribution is 2.32. The van der Waals surface area contributed by atoms with E-state index in [4.69, 9.17) is 0 Å². The van der Waals surface area contributed by atoms with Crippen molar-refractivity contribution in [3.63, 3.8) is 0 Å². The second-order valence-corrected chi connectivity index (χ2v) is 6.27. The van der Waals surface area contributed by atoms with E-state index in [2.05, 4.69) is 41.6 Å². The molecule has 2 heterocycles. The first kappa shape index (κ1) is 14.0. The summed E-state index contributed by atoms with van der Waals surface area (Å²) in [5, 5.41) is 5.77. The molecule has 2 atom stereocenters. The molecule has 0 spiro atoms. The third kappa shape index (κ3) is 3.56. The molecule has 2 nitrogen and oxygen atoms in total. The van der Waals surface area contributed by atoms with Crippen molar-refractivity contribution in [3.05, 3.63) is 22.4 Å². The van der Waals surface area contributed by atoms with Crippen molar-refractivity contribution >= 4 is 11.3 Å². The Hall–Kier alpha value is -0.380. The van der Waals surface area contributed by atoms with Crippen LogP contribution < -0.4 is 5.32 Å². The third-order valence-electron chi connectivity index (χ3n) is 3.88. The average Bonchev–Trinajstić information content (AvgIpc) is 3.03. The average molecular weight is 266 g/mol. The Morgan fingerprint density at radius 2 is 2.39 bits per heavy atom. The molecule has 1 aromatic heterocycles. The van der Waals surface area contributed by atoms with Crippen LogP contribution in [0, 0.1) is 5.92 Å². The Bertz CT molecular complexity index is 323. The van der Waals surface area contributed by atoms with Crippen molar-refractivity contribution in [2.75, 3.05) is 26.2 Å². The van der Waals surface area contributed by atoms with Crippen molar-refractivity contribution in [3.8, 4) is 0 Å². The number of rotatable bonds is 7. The predicted molar refractivity (Wildman–Crippen MR) is 80.2 cm³/mol. The van der Waals surface area contributed by atoms with E-state index in [0.717, 1.165) is 5.92 Å². The molecule has 1 N–H and O–H groups in total. The highest BCUT2D eigenvalue weighted by atomic mass is 32.1. The molecular weight excluding hydrogens is 240 g/mol. The first-order valence-electron chi connectivity index (χ1n) is 7.33. The fourth-order valence-electron chi connectivity index (χ4n) is 2.92. The topological polar surface area (TPSA) is 15.3 Å². The fourth-order valence-corrected chi connectivity index (χ4v) is 3.86. The Balaban J connectivity index is 1.83. The molecule has 3 heteroatoms. The van der Waals surface area contributed by atoms with Gasteiger partial charge in [0.2, 0.25) is 0 Å². The van der Waals surface area contributed by atoms with Gasteiger partial charge in [-0.05, 0) is 56.3 Å². The van der Waals surface area contributed by atoms with Gasteiger partial charge in [-0.3, -0.25) is 4.90 Å². The van der Waals surface area contributed by atoms with Crippen LogP contribution in [-0.2, 0) is 0 Å². The van der Waals surface area contributed by atoms with Crippen LogP contribution in [0.15, 0.2) is 17.5 Å². The maximum Gasteiger partial charge on any atom is 0.0439 e. The quantitative estimate of drug-likeness (QED) is 0.760. The molecule has 1 saturated heterocycles. The van der Waals surface area contributed by atoms with Crippen LogP contribution in [0.3, 0.4) is 0 Å². The maximum absolute atomic E-state index is 3.57. The van der Waals surface area contributed by atoms with Gasteiger partial charge in [0, 0.05) is 17.5 Å². The summed E-state index contributed by atoms with van der Waals surface area (Å²) in [4.78, 5) is 4.23. The number of nitrogens with zero attached hydrogens (tertiary/aromatic N) is 1. The van der Waals surface area contributed by atoms with Gasteiger partial charge in [-0.1, -0.05) is 19.9 Å². The number of nitrogens with one attached hydrogen (secondary N) is 1. The molecule has 1 aliphatic heterocycles. The molecule has 1 fully saturated rings. The lowest BCUT2D eigenvalue weighted by Gasteiger charge is -2.26. The van der Waals surface area contributed by atoms with Crippen molar-refractivity contribution in [2.24, 2.45) is 5.92 Å². The van der Waals surface area contributed by atoms with Gasteiger partial charge in [-0.2, -0.15) is 0 Å². The van der Waals surface area contributed by atoms with Crippen LogP contribution in [0.5, 0.6) is 0 Å². The summed E-state index contributed by atoms with van der Waals surface area (Å²) in [5.41, 5.74) is 0. The first-order chi connectivity index (χ1) is 8.85. The molecule has 2 rings (SSSR count). The lowest BCUT2D eigenvalue weighted by Crippen LogP contribution is -2.29. The van der Waals surface area contributed by atoms with Gasteiger partial charge in [0.15, 0.2) is 0 Å². The zero-order valence-electron chi connectivity index (χ0n) is 11.7. The molecule has 102 valence electrons. The summed E-state index contributed by atoms with van der Waals surface area (Å²) in [6.45, 7) is 9.46. The van der Waals surface area contributed by atoms with Gasteiger partial charge in [-0.15, -0.1) is 11.3 Å². The first-order valence-corrected chi connectivity index (χ1v) is 8.21. The normalized spacial score (nSPS) is 22.4. The van der Waals surface area contributed by atoms with E-state index in [1.54, 1.807) is 4.88 Å². The highest BCUT2D eigenvalue weighted by Gasteiger charge is 2.28. The molecule has 0 aliphatic carbocycles. The summed E-state index contributed by atoms with van der Waals surface area (Å²) in [5.74, 6) is 0.852. The summed E-state index contributed by atoms with van der Waals surface area (Å²) in [6, 6.07) is 5.13. The van der Waals surface area contributed by atoms with Crippen molar-refractivity contribution < 1.29 is 0 Å². The van der Waals surface area contributed by atoms with Crippen LogP contribution in [-0.4, -0.2) is 31.1 Å². The van der Waals surface area contributed by atoms with E-state index in [1.807, 2.05) is 11.3 Å². The minimum absolute atomic E-state index is 0.654. The highest BCUT2D eigenvalue weighted by molar-refractivity contribution is 7.10. The number of hydrogen-bond donors (Lipinski definition) is 1. The minimum atomic E-state index is 0.654. The van der Waals surface area contributed by atoms with E-state index >= 15 is 0 Å². The van der Waals surface area contributed by atoms with Crippen LogP contribution in [0.25, 0.3) is 0 Å². The Labute approximate surface area is 115 Å². The van der Waals surface area contributed by atoms with E-state index in [0.29, 0.717) is 6.04 Å². The molecule has 0 saturated carbocycles. The van der Waals surface area contributed by atoms with E-state index in [1.165, 1.54) is 45.4 Å². The smallest absolute Gasteiger partial charge is 0.0439 e. The monoisotopic (exact) mass is 266 g/mol. The Morgan fingerprint density at radius 1 is 1.50 bits per heavy atom. The lowest BCUT2D eigenvalue weighted by molar-refractivity contribution is 0.233. The van der Waals surface area contributed by atoms with Crippen LogP contribution in [0.2, 0.25) is 0 Å². The summed E-state index contributed by atoms with van der Waals surface area (Å²) >= 11 is 1.91. The van der Waals surface area contributed by atoms with Crippen LogP contribution in [0.1, 0.15) is 44.0 Å². The molecule has 18 heavy (non-hydrogen) atoms. The minimum Gasteiger partial charge on any atom is -0.316 e. The van der Waals surface area contributed by atoms with Gasteiger partial charge in [0.25, 0.3) is 0 Å². The van der Waals surface area contributed by atoms with E-state index in [-0.39, 0.29) is 0 Å². The summed E-state index contributed by atoms with van der Waals surface area (Å²) in [6.07, 6.45) is 3.83. The third-order valence-corrected chi connectivity index (χ3v) is 4.85. The SMILES string of the molecule is CCCNCC1CCN(C(CC)c2cccs2)C1. The van der Waals surface area contributed by atoms with Gasteiger partial charge in [-0.25, -0.2) is 0 Å². The molecular formula is C15H26N2S. The zero-order chi connectivity index (χ0) is 12.8. The van der Waals surface area contributed by atoms with E-state index < -0.39 is 0 Å². The van der Waals surface area contributed by atoms with Gasteiger partial charge in [0.1, 0.15) is 0 Å². The zero-order valence-corrected chi connectivity index (χ0v) is 12.5. The molecule has 0 aromatic carbocycles. The van der Waals surface area contributed by atoms with Crippen LogP contribution >= 0.6 is 11.3 Å². The summed E-state index contributed by atoms with van der Waals surface area (Å²) in [7, 11) is 0. The molecule has 0 bridgehead atoms. The predicted octanol–water partition coefficient (Wildman–Crippen LogP) is 3.52. The van der Waals surface area contributed by atoms with Gasteiger partial charge in [0.05, 0.1) is 0 Å². The molecule has 1 aromatic rings. The fraction of sp³-hybridized carbons (Fsp3) is 0.733. The molecule has 0 radical (unpaired) electrons. The second-order valence-electron chi connectivity index (χ2n) is 5.29. The van der Waals surface area contributed by atoms with Crippen molar-refractivity contribution in [1.29, 1.82) is 0 Å². The van der Waals surface area contributed by atoms with E-state index in [9.17, 15) is 0 Å². The van der Waals surface area contributed by atoms with Gasteiger partial charge >= 0.3 is 0 Å².